The highest BCUT2D eigenvalue weighted by molar-refractivity contribution is 14.1. The lowest BCUT2D eigenvalue weighted by Crippen LogP contribution is -2.34. The van der Waals surface area contributed by atoms with Crippen LogP contribution in [0.5, 0.6) is 0 Å². The highest BCUT2D eigenvalue weighted by Gasteiger charge is 2.15. The summed E-state index contributed by atoms with van der Waals surface area (Å²) in [6.07, 6.45) is 0.767. The van der Waals surface area contributed by atoms with Crippen molar-refractivity contribution in [2.45, 2.75) is 20.3 Å². The van der Waals surface area contributed by atoms with Gasteiger partial charge in [0.1, 0.15) is 5.01 Å². The van der Waals surface area contributed by atoms with Gasteiger partial charge >= 0.3 is 0 Å². The molecular formula is C20H16ClIN6OS2. The van der Waals surface area contributed by atoms with Gasteiger partial charge in [-0.1, -0.05) is 29.9 Å². The molecule has 0 aliphatic rings. The molecule has 0 spiro atoms. The van der Waals surface area contributed by atoms with E-state index in [1.807, 2.05) is 38.1 Å². The highest BCUT2D eigenvalue weighted by atomic mass is 127. The predicted molar refractivity (Wildman–Crippen MR) is 136 cm³/mol. The maximum Gasteiger partial charge on any atom is 0.258 e. The zero-order valence-electron chi connectivity index (χ0n) is 16.4. The summed E-state index contributed by atoms with van der Waals surface area (Å²) >= 11 is 15.1. The molecule has 0 saturated carbocycles. The molecule has 2 aromatic heterocycles. The number of anilines is 1. The van der Waals surface area contributed by atoms with Crippen molar-refractivity contribution in [3.63, 3.8) is 0 Å². The molecule has 7 nitrogen and oxygen atoms in total. The first kappa shape index (κ1) is 22.1. The van der Waals surface area contributed by atoms with Crippen LogP contribution in [0.25, 0.3) is 15.5 Å². The maximum absolute atomic E-state index is 12.5. The number of carbonyl (C=O) groups excluding carboxylic acids is 1. The molecule has 11 heteroatoms. The summed E-state index contributed by atoms with van der Waals surface area (Å²) < 4.78 is 2.69. The average molecular weight is 583 g/mol. The molecule has 31 heavy (non-hydrogen) atoms. The Balaban J connectivity index is 1.48. The molecule has 2 heterocycles. The summed E-state index contributed by atoms with van der Waals surface area (Å²) in [7, 11) is 0. The minimum atomic E-state index is -0.359. The van der Waals surface area contributed by atoms with Gasteiger partial charge in [0.15, 0.2) is 10.9 Å². The Morgan fingerprint density at radius 1 is 1.26 bits per heavy atom. The van der Waals surface area contributed by atoms with Crippen molar-refractivity contribution in [1.82, 2.24) is 25.1 Å². The normalized spacial score (nSPS) is 11.0. The summed E-state index contributed by atoms with van der Waals surface area (Å²) in [5.74, 6) is 0.476. The smallest absolute Gasteiger partial charge is 0.258 e. The summed E-state index contributed by atoms with van der Waals surface area (Å²) in [6.45, 7) is 3.98. The van der Waals surface area contributed by atoms with Gasteiger partial charge in [0.2, 0.25) is 4.96 Å². The van der Waals surface area contributed by atoms with Gasteiger partial charge < -0.3 is 5.32 Å². The summed E-state index contributed by atoms with van der Waals surface area (Å²) in [6, 6.07) is 11.1. The van der Waals surface area contributed by atoms with Crippen LogP contribution in [-0.4, -0.2) is 30.8 Å². The first-order valence-corrected chi connectivity index (χ1v) is 11.9. The van der Waals surface area contributed by atoms with Crippen LogP contribution in [0.4, 0.5) is 5.69 Å². The molecule has 0 aliphatic heterocycles. The molecule has 0 saturated heterocycles. The van der Waals surface area contributed by atoms with Gasteiger partial charge in [-0.2, -0.15) is 9.61 Å². The van der Waals surface area contributed by atoms with Crippen molar-refractivity contribution < 1.29 is 4.79 Å². The fourth-order valence-corrected chi connectivity index (χ4v) is 4.68. The molecular weight excluding hydrogens is 567 g/mol. The number of thiocarbonyl (C=S) groups is 1. The molecule has 1 amide bonds. The highest BCUT2D eigenvalue weighted by Crippen LogP contribution is 2.29. The van der Waals surface area contributed by atoms with Crippen LogP contribution in [0.3, 0.4) is 0 Å². The fourth-order valence-electron chi connectivity index (χ4n) is 2.93. The van der Waals surface area contributed by atoms with E-state index < -0.39 is 0 Å². The van der Waals surface area contributed by atoms with E-state index in [-0.39, 0.29) is 11.0 Å². The van der Waals surface area contributed by atoms with Gasteiger partial charge in [-0.05, 0) is 83.7 Å². The third kappa shape index (κ3) is 4.71. The summed E-state index contributed by atoms with van der Waals surface area (Å²) in [4.78, 5) is 13.3. The number of aromatic nitrogens is 4. The van der Waals surface area contributed by atoms with Crippen LogP contribution in [0, 0.1) is 10.5 Å². The number of nitrogens with one attached hydrogen (secondary N) is 2. The Hall–Kier alpha value is -2.15. The number of halogens is 2. The van der Waals surface area contributed by atoms with Crippen LogP contribution in [0.15, 0.2) is 36.4 Å². The summed E-state index contributed by atoms with van der Waals surface area (Å²) in [5.41, 5.74) is 3.10. The molecule has 0 aliphatic carbocycles. The minimum Gasteiger partial charge on any atom is -0.332 e. The van der Waals surface area contributed by atoms with Crippen LogP contribution >= 0.6 is 57.7 Å². The number of hydrogen-bond donors (Lipinski definition) is 2. The first-order chi connectivity index (χ1) is 14.9. The van der Waals surface area contributed by atoms with E-state index >= 15 is 0 Å². The zero-order valence-corrected chi connectivity index (χ0v) is 21.0. The second-order valence-electron chi connectivity index (χ2n) is 6.63. The van der Waals surface area contributed by atoms with Gasteiger partial charge in [-0.25, -0.2) is 0 Å². The quantitative estimate of drug-likeness (QED) is 0.257. The first-order valence-electron chi connectivity index (χ1n) is 9.25. The Bertz CT molecular complexity index is 1320. The Labute approximate surface area is 206 Å². The number of hydrogen-bond acceptors (Lipinski definition) is 6. The maximum atomic E-state index is 12.5. The van der Waals surface area contributed by atoms with Crippen molar-refractivity contribution in [3.8, 4) is 10.6 Å². The number of amides is 1. The third-order valence-electron chi connectivity index (χ3n) is 4.49. The van der Waals surface area contributed by atoms with E-state index in [0.29, 0.717) is 10.6 Å². The molecule has 0 unspecified atom stereocenters. The number of fused-ring (bicyclic) bond motifs is 1. The Morgan fingerprint density at radius 3 is 2.81 bits per heavy atom. The number of carbonyl (C=O) groups is 1. The van der Waals surface area contributed by atoms with Crippen LogP contribution in [0.2, 0.25) is 5.02 Å². The lowest BCUT2D eigenvalue weighted by Gasteiger charge is -2.13. The molecule has 0 bridgehead atoms. The van der Waals surface area contributed by atoms with E-state index in [9.17, 15) is 4.79 Å². The van der Waals surface area contributed by atoms with E-state index in [4.69, 9.17) is 23.8 Å². The van der Waals surface area contributed by atoms with Gasteiger partial charge in [0.05, 0.1) is 10.6 Å². The van der Waals surface area contributed by atoms with E-state index in [1.54, 1.807) is 16.6 Å². The molecule has 4 aromatic rings. The van der Waals surface area contributed by atoms with E-state index in [0.717, 1.165) is 42.6 Å². The van der Waals surface area contributed by atoms with Crippen LogP contribution in [-0.2, 0) is 6.42 Å². The van der Waals surface area contributed by atoms with Crippen molar-refractivity contribution in [2.75, 3.05) is 5.32 Å². The average Bonchev–Trinajstić information content (AvgIpc) is 3.32. The Kier molecular flexibility index (Phi) is 6.51. The van der Waals surface area contributed by atoms with E-state index in [2.05, 4.69) is 48.5 Å². The van der Waals surface area contributed by atoms with Crippen molar-refractivity contribution in [3.05, 3.63) is 61.9 Å². The van der Waals surface area contributed by atoms with Gasteiger partial charge in [0.25, 0.3) is 5.91 Å². The molecule has 0 fully saturated rings. The second-order valence-corrected chi connectivity index (χ2v) is 9.65. The second kappa shape index (κ2) is 9.15. The number of rotatable bonds is 4. The topological polar surface area (TPSA) is 84.2 Å². The lowest BCUT2D eigenvalue weighted by molar-refractivity contribution is 0.0978. The lowest BCUT2D eigenvalue weighted by atomic mass is 10.1. The van der Waals surface area contributed by atoms with Crippen molar-refractivity contribution in [2.24, 2.45) is 0 Å². The number of benzene rings is 2. The SMILES string of the molecule is CCc1nnc2sc(-c3ccc(NC(=S)NC(=O)c4cc(I)ccc4Cl)c(C)c3)nn12. The van der Waals surface area contributed by atoms with Gasteiger partial charge in [-0.3, -0.25) is 10.1 Å². The number of nitrogens with zero attached hydrogens (tertiary/aromatic N) is 4. The monoisotopic (exact) mass is 582 g/mol. The minimum absolute atomic E-state index is 0.196. The van der Waals surface area contributed by atoms with Crippen LogP contribution in [0.1, 0.15) is 28.7 Å². The molecule has 4 rings (SSSR count). The molecule has 0 radical (unpaired) electrons. The predicted octanol–water partition coefficient (Wildman–Crippen LogP) is 5.11. The summed E-state index contributed by atoms with van der Waals surface area (Å²) in [5, 5.41) is 20.1. The fraction of sp³-hybridized carbons (Fsp3) is 0.150. The van der Waals surface area contributed by atoms with E-state index in [1.165, 1.54) is 11.3 Å². The molecule has 2 N–H and O–H groups in total. The van der Waals surface area contributed by atoms with Crippen LogP contribution < -0.4 is 10.6 Å². The van der Waals surface area contributed by atoms with Gasteiger partial charge in [0, 0.05) is 21.2 Å². The van der Waals surface area contributed by atoms with Crippen molar-refractivity contribution >= 4 is 79.4 Å². The molecule has 2 aromatic carbocycles. The standard InChI is InChI=1S/C20H16ClIN6OS2/c1-3-16-25-26-20-28(16)27-18(31-20)11-4-7-15(10(2)8-11)23-19(30)24-17(29)13-9-12(22)5-6-14(13)21/h4-9H,3H2,1-2H3,(H2,23,24,29,30). The third-order valence-corrected chi connectivity index (χ3v) is 6.65. The van der Waals surface area contributed by atoms with Crippen molar-refractivity contribution in [1.29, 1.82) is 0 Å². The van der Waals surface area contributed by atoms with Gasteiger partial charge in [-0.15, -0.1) is 10.2 Å². The molecule has 0 atom stereocenters. The molecule has 158 valence electrons. The number of aryl methyl sites for hydroxylation is 2. The largest absolute Gasteiger partial charge is 0.332 e. The Morgan fingerprint density at radius 2 is 2.06 bits per heavy atom. The zero-order chi connectivity index (χ0) is 22.1.